The summed E-state index contributed by atoms with van der Waals surface area (Å²) in [5.41, 5.74) is 0.885. The van der Waals surface area contributed by atoms with Gasteiger partial charge in [-0.25, -0.2) is 0 Å². The Hall–Kier alpha value is -1.16. The molecule has 0 radical (unpaired) electrons. The van der Waals surface area contributed by atoms with Crippen molar-refractivity contribution in [1.29, 1.82) is 0 Å². The SMILES string of the molecule is CCC(=O)c1cnn(CC2CCC3(CCCCC3)O2)c1. The highest BCUT2D eigenvalue weighted by Gasteiger charge is 2.40. The van der Waals surface area contributed by atoms with E-state index in [2.05, 4.69) is 5.10 Å². The highest BCUT2D eigenvalue weighted by Crippen LogP contribution is 2.42. The molecule has 1 aliphatic carbocycles. The number of ether oxygens (including phenoxy) is 1. The summed E-state index contributed by atoms with van der Waals surface area (Å²) in [5.74, 6) is 0.160. The van der Waals surface area contributed by atoms with Crippen LogP contribution >= 0.6 is 0 Å². The lowest BCUT2D eigenvalue weighted by atomic mass is 9.83. The van der Waals surface area contributed by atoms with Gasteiger partial charge in [0, 0.05) is 12.6 Å². The molecule has 1 unspecified atom stereocenters. The van der Waals surface area contributed by atoms with E-state index in [0.717, 1.165) is 18.5 Å². The molecule has 4 heteroatoms. The molecule has 2 fully saturated rings. The van der Waals surface area contributed by atoms with Crippen molar-refractivity contribution in [3.63, 3.8) is 0 Å². The lowest BCUT2D eigenvalue weighted by Crippen LogP contribution is -2.32. The zero-order valence-corrected chi connectivity index (χ0v) is 12.3. The minimum atomic E-state index is 0.160. The fourth-order valence-corrected chi connectivity index (χ4v) is 3.61. The number of carbonyl (C=O) groups is 1. The fourth-order valence-electron chi connectivity index (χ4n) is 3.61. The van der Waals surface area contributed by atoms with Gasteiger partial charge in [-0.1, -0.05) is 26.2 Å². The van der Waals surface area contributed by atoms with Gasteiger partial charge in [-0.3, -0.25) is 9.48 Å². The third-order valence-electron chi connectivity index (χ3n) is 4.77. The van der Waals surface area contributed by atoms with Crippen LogP contribution in [-0.2, 0) is 11.3 Å². The van der Waals surface area contributed by atoms with E-state index in [9.17, 15) is 4.79 Å². The molecule has 1 saturated carbocycles. The summed E-state index contributed by atoms with van der Waals surface area (Å²) in [6.07, 6.45) is 13.1. The Morgan fingerprint density at radius 3 is 2.95 bits per heavy atom. The van der Waals surface area contributed by atoms with Crippen LogP contribution < -0.4 is 0 Å². The van der Waals surface area contributed by atoms with E-state index in [1.807, 2.05) is 17.8 Å². The predicted molar refractivity (Wildman–Crippen MR) is 76.8 cm³/mol. The summed E-state index contributed by atoms with van der Waals surface area (Å²) >= 11 is 0. The van der Waals surface area contributed by atoms with Gasteiger partial charge in [-0.2, -0.15) is 5.10 Å². The average Bonchev–Trinajstić information content (AvgIpc) is 3.07. The molecule has 2 heterocycles. The number of Topliss-reactive ketones (excluding diaryl/α,β-unsaturated/α-hetero) is 1. The van der Waals surface area contributed by atoms with Crippen LogP contribution in [0.25, 0.3) is 0 Å². The highest BCUT2D eigenvalue weighted by molar-refractivity contribution is 5.95. The number of carbonyl (C=O) groups excluding carboxylic acids is 1. The van der Waals surface area contributed by atoms with Crippen LogP contribution in [0.4, 0.5) is 0 Å². The van der Waals surface area contributed by atoms with Crippen LogP contribution in [0.5, 0.6) is 0 Å². The molecule has 2 aliphatic rings. The molecule has 0 N–H and O–H groups in total. The summed E-state index contributed by atoms with van der Waals surface area (Å²) < 4.78 is 8.21. The summed E-state index contributed by atoms with van der Waals surface area (Å²) in [4.78, 5) is 11.6. The minimum absolute atomic E-state index is 0.160. The number of aromatic nitrogens is 2. The van der Waals surface area contributed by atoms with Gasteiger partial charge in [0.15, 0.2) is 5.78 Å². The van der Waals surface area contributed by atoms with Crippen LogP contribution in [0, 0.1) is 0 Å². The van der Waals surface area contributed by atoms with Crippen molar-refractivity contribution in [2.75, 3.05) is 0 Å². The third-order valence-corrected chi connectivity index (χ3v) is 4.77. The van der Waals surface area contributed by atoms with Gasteiger partial charge >= 0.3 is 0 Å². The summed E-state index contributed by atoms with van der Waals surface area (Å²) in [5, 5.41) is 4.30. The minimum Gasteiger partial charge on any atom is -0.370 e. The van der Waals surface area contributed by atoms with Gasteiger partial charge in [0.1, 0.15) is 0 Å². The maximum atomic E-state index is 11.6. The number of hydrogen-bond acceptors (Lipinski definition) is 3. The topological polar surface area (TPSA) is 44.1 Å². The van der Waals surface area contributed by atoms with Crippen LogP contribution in [0.1, 0.15) is 68.6 Å². The molecular formula is C16H24N2O2. The Labute approximate surface area is 120 Å². The van der Waals surface area contributed by atoms with Crippen LogP contribution in [0.2, 0.25) is 0 Å². The fraction of sp³-hybridized carbons (Fsp3) is 0.750. The first-order chi connectivity index (χ1) is 9.71. The first-order valence-corrected chi connectivity index (χ1v) is 7.94. The largest absolute Gasteiger partial charge is 0.370 e. The van der Waals surface area contributed by atoms with Gasteiger partial charge in [-0.15, -0.1) is 0 Å². The Morgan fingerprint density at radius 1 is 1.40 bits per heavy atom. The van der Waals surface area contributed by atoms with E-state index in [-0.39, 0.29) is 17.5 Å². The lowest BCUT2D eigenvalue weighted by Gasteiger charge is -2.33. The predicted octanol–water partition coefficient (Wildman–Crippen LogP) is 3.36. The van der Waals surface area contributed by atoms with Crippen LogP contribution in [-0.4, -0.2) is 27.3 Å². The third kappa shape index (κ3) is 2.80. The van der Waals surface area contributed by atoms with E-state index < -0.39 is 0 Å². The number of hydrogen-bond donors (Lipinski definition) is 0. The Kier molecular flexibility index (Phi) is 3.92. The first kappa shape index (κ1) is 13.8. The molecule has 1 aliphatic heterocycles. The van der Waals surface area contributed by atoms with Gasteiger partial charge < -0.3 is 4.74 Å². The molecule has 1 saturated heterocycles. The van der Waals surface area contributed by atoms with E-state index in [1.165, 1.54) is 38.5 Å². The summed E-state index contributed by atoms with van der Waals surface area (Å²) in [6, 6.07) is 0. The first-order valence-electron chi connectivity index (χ1n) is 7.94. The Balaban J connectivity index is 1.59. The maximum absolute atomic E-state index is 11.6. The molecule has 0 aromatic carbocycles. The highest BCUT2D eigenvalue weighted by atomic mass is 16.5. The second kappa shape index (κ2) is 5.68. The molecule has 3 rings (SSSR count). The maximum Gasteiger partial charge on any atom is 0.165 e. The van der Waals surface area contributed by atoms with Crippen molar-refractivity contribution in [2.24, 2.45) is 0 Å². The Morgan fingerprint density at radius 2 is 2.20 bits per heavy atom. The van der Waals surface area contributed by atoms with Crippen molar-refractivity contribution in [1.82, 2.24) is 9.78 Å². The van der Waals surface area contributed by atoms with Gasteiger partial charge in [-0.05, 0) is 25.7 Å². The van der Waals surface area contributed by atoms with E-state index in [1.54, 1.807) is 6.20 Å². The van der Waals surface area contributed by atoms with Crippen molar-refractivity contribution in [3.8, 4) is 0 Å². The molecule has 1 atom stereocenters. The molecule has 1 aromatic heterocycles. The smallest absolute Gasteiger partial charge is 0.165 e. The van der Waals surface area contributed by atoms with Crippen molar-refractivity contribution < 1.29 is 9.53 Å². The molecule has 110 valence electrons. The molecule has 1 spiro atoms. The summed E-state index contributed by atoms with van der Waals surface area (Å²) in [6.45, 7) is 2.66. The number of rotatable bonds is 4. The number of ketones is 1. The van der Waals surface area contributed by atoms with Gasteiger partial charge in [0.05, 0.1) is 30.0 Å². The quantitative estimate of drug-likeness (QED) is 0.792. The molecule has 4 nitrogen and oxygen atoms in total. The average molecular weight is 276 g/mol. The molecule has 0 amide bonds. The van der Waals surface area contributed by atoms with E-state index in [0.29, 0.717) is 6.42 Å². The van der Waals surface area contributed by atoms with Crippen molar-refractivity contribution >= 4 is 5.78 Å². The molecule has 20 heavy (non-hydrogen) atoms. The zero-order chi connectivity index (χ0) is 14.0. The van der Waals surface area contributed by atoms with Gasteiger partial charge in [0.25, 0.3) is 0 Å². The normalized spacial score (nSPS) is 25.1. The second-order valence-electron chi connectivity index (χ2n) is 6.25. The molecular weight excluding hydrogens is 252 g/mol. The number of nitrogens with zero attached hydrogens (tertiary/aromatic N) is 2. The monoisotopic (exact) mass is 276 g/mol. The van der Waals surface area contributed by atoms with Gasteiger partial charge in [0.2, 0.25) is 0 Å². The zero-order valence-electron chi connectivity index (χ0n) is 12.3. The molecule has 1 aromatic rings. The van der Waals surface area contributed by atoms with Crippen molar-refractivity contribution in [2.45, 2.75) is 76.5 Å². The van der Waals surface area contributed by atoms with E-state index in [4.69, 9.17) is 4.74 Å². The Bertz CT molecular complexity index is 475. The van der Waals surface area contributed by atoms with Crippen molar-refractivity contribution in [3.05, 3.63) is 18.0 Å². The van der Waals surface area contributed by atoms with Crippen LogP contribution in [0.3, 0.4) is 0 Å². The van der Waals surface area contributed by atoms with Crippen LogP contribution in [0.15, 0.2) is 12.4 Å². The standard InChI is InChI=1S/C16H24N2O2/c1-2-15(19)13-10-17-18(11-13)12-14-6-9-16(20-14)7-4-3-5-8-16/h10-11,14H,2-9,12H2,1H3. The van der Waals surface area contributed by atoms with E-state index >= 15 is 0 Å². The molecule has 0 bridgehead atoms. The summed E-state index contributed by atoms with van der Waals surface area (Å²) in [7, 11) is 0. The lowest BCUT2D eigenvalue weighted by molar-refractivity contribution is -0.0688. The second-order valence-corrected chi connectivity index (χ2v) is 6.25.